The summed E-state index contributed by atoms with van der Waals surface area (Å²) in [6.07, 6.45) is 0.296. The fraction of sp³-hybridized carbons (Fsp3) is 0.400. The van der Waals surface area contributed by atoms with Gasteiger partial charge in [0.05, 0.1) is 20.1 Å². The monoisotopic (exact) mass is 288 g/mol. The molecule has 1 heterocycles. The Labute approximate surface area is 124 Å². The minimum Gasteiger partial charge on any atom is -0.496 e. The van der Waals surface area contributed by atoms with Gasteiger partial charge in [0.2, 0.25) is 5.91 Å². The number of hydrogen-bond donors (Lipinski definition) is 1. The molecule has 0 fully saturated rings. The lowest BCUT2D eigenvalue weighted by molar-refractivity contribution is -0.129. The minimum absolute atomic E-state index is 0.00125. The van der Waals surface area contributed by atoms with E-state index in [1.54, 1.807) is 19.1 Å². The number of ether oxygens (including phenoxy) is 1. The number of likely N-dealkylation sites (N-methyl/N-ethyl adjacent to an activating group) is 1. The van der Waals surface area contributed by atoms with Crippen molar-refractivity contribution in [2.45, 2.75) is 26.8 Å². The molecule has 0 aliphatic rings. The van der Waals surface area contributed by atoms with E-state index in [-0.39, 0.29) is 5.91 Å². The molecule has 1 N–H and O–H groups in total. The van der Waals surface area contributed by atoms with Crippen LogP contribution >= 0.6 is 0 Å². The molecule has 1 amide bonds. The van der Waals surface area contributed by atoms with Gasteiger partial charge in [-0.1, -0.05) is 17.7 Å². The zero-order chi connectivity index (χ0) is 15.4. The van der Waals surface area contributed by atoms with Gasteiger partial charge in [-0.15, -0.1) is 0 Å². The van der Waals surface area contributed by atoms with E-state index >= 15 is 0 Å². The lowest BCUT2D eigenvalue weighted by Gasteiger charge is -2.16. The Bertz CT molecular complexity index is 636. The van der Waals surface area contributed by atoms with Crippen LogP contribution in [0.1, 0.15) is 22.8 Å². The normalized spacial score (nSPS) is 10.5. The third-order valence-corrected chi connectivity index (χ3v) is 3.23. The molecule has 0 saturated heterocycles. The predicted molar refractivity (Wildman–Crippen MR) is 79.0 cm³/mol. The first-order valence-corrected chi connectivity index (χ1v) is 6.75. The van der Waals surface area contributed by atoms with Crippen LogP contribution in [0.2, 0.25) is 0 Å². The Morgan fingerprint density at radius 1 is 1.38 bits per heavy atom. The Kier molecular flexibility index (Phi) is 4.57. The highest BCUT2D eigenvalue weighted by Gasteiger charge is 2.15. The molecule has 0 radical (unpaired) electrons. The number of H-pyrrole nitrogens is 1. The number of aromatic nitrogens is 3. The van der Waals surface area contributed by atoms with Gasteiger partial charge in [-0.2, -0.15) is 5.10 Å². The number of hydrogen-bond acceptors (Lipinski definition) is 4. The van der Waals surface area contributed by atoms with Crippen LogP contribution in [0.15, 0.2) is 18.2 Å². The van der Waals surface area contributed by atoms with Gasteiger partial charge in [0, 0.05) is 12.6 Å². The number of aromatic amines is 1. The molecule has 0 spiro atoms. The summed E-state index contributed by atoms with van der Waals surface area (Å²) in [5.41, 5.74) is 1.99. The first-order chi connectivity index (χ1) is 9.99. The highest BCUT2D eigenvalue weighted by atomic mass is 16.5. The first-order valence-electron chi connectivity index (χ1n) is 6.75. The lowest BCUT2D eigenvalue weighted by Crippen LogP contribution is -2.28. The molecule has 0 aliphatic heterocycles. The van der Waals surface area contributed by atoms with Gasteiger partial charge in [-0.3, -0.25) is 9.89 Å². The highest BCUT2D eigenvalue weighted by molar-refractivity contribution is 5.79. The van der Waals surface area contributed by atoms with Crippen LogP contribution in [0, 0.1) is 13.8 Å². The molecule has 6 nitrogen and oxygen atoms in total. The first kappa shape index (κ1) is 15.0. The summed E-state index contributed by atoms with van der Waals surface area (Å²) in [5, 5.41) is 6.81. The number of benzene rings is 1. The quantitative estimate of drug-likeness (QED) is 0.907. The van der Waals surface area contributed by atoms with Crippen LogP contribution in [0.5, 0.6) is 5.75 Å². The topological polar surface area (TPSA) is 71.1 Å². The fourth-order valence-electron chi connectivity index (χ4n) is 2.10. The van der Waals surface area contributed by atoms with Crippen LogP contribution in [0.4, 0.5) is 0 Å². The van der Waals surface area contributed by atoms with E-state index in [1.165, 1.54) is 0 Å². The lowest BCUT2D eigenvalue weighted by atomic mass is 10.1. The molecule has 112 valence electrons. The van der Waals surface area contributed by atoms with Crippen molar-refractivity contribution in [2.75, 3.05) is 14.2 Å². The van der Waals surface area contributed by atoms with Crippen molar-refractivity contribution in [2.24, 2.45) is 0 Å². The van der Waals surface area contributed by atoms with E-state index in [9.17, 15) is 4.79 Å². The third kappa shape index (κ3) is 3.81. The Morgan fingerprint density at radius 2 is 2.14 bits per heavy atom. The summed E-state index contributed by atoms with van der Waals surface area (Å²) < 4.78 is 5.30. The summed E-state index contributed by atoms with van der Waals surface area (Å²) in [6, 6.07) is 5.82. The molecule has 2 aromatic rings. The molecule has 0 saturated carbocycles. The molecule has 1 aromatic heterocycles. The van der Waals surface area contributed by atoms with Crippen molar-refractivity contribution in [1.29, 1.82) is 0 Å². The summed E-state index contributed by atoms with van der Waals surface area (Å²) >= 11 is 0. The number of rotatable bonds is 5. The van der Waals surface area contributed by atoms with Crippen molar-refractivity contribution in [3.8, 4) is 5.75 Å². The Morgan fingerprint density at radius 3 is 2.76 bits per heavy atom. The van der Waals surface area contributed by atoms with E-state index in [2.05, 4.69) is 15.2 Å². The maximum Gasteiger partial charge on any atom is 0.227 e. The molecule has 0 atom stereocenters. The van der Waals surface area contributed by atoms with Gasteiger partial charge in [0.1, 0.15) is 11.6 Å². The van der Waals surface area contributed by atoms with Gasteiger partial charge >= 0.3 is 0 Å². The standard InChI is InChI=1S/C15H20N4O2/c1-10-5-6-13(21-4)12(7-10)8-15(20)19(3)9-14-16-11(2)17-18-14/h5-7H,8-9H2,1-4H3,(H,16,17,18). The second-order valence-corrected chi connectivity index (χ2v) is 5.08. The van der Waals surface area contributed by atoms with Gasteiger partial charge in [-0.25, -0.2) is 4.98 Å². The van der Waals surface area contributed by atoms with Crippen molar-refractivity contribution in [3.05, 3.63) is 41.0 Å². The number of amides is 1. The molecule has 2 rings (SSSR count). The predicted octanol–water partition coefficient (Wildman–Crippen LogP) is 1.63. The fourth-order valence-corrected chi connectivity index (χ4v) is 2.10. The number of nitrogens with zero attached hydrogens (tertiary/aromatic N) is 3. The highest BCUT2D eigenvalue weighted by Crippen LogP contribution is 2.20. The number of methoxy groups -OCH3 is 1. The summed E-state index contributed by atoms with van der Waals surface area (Å²) in [6.45, 7) is 4.21. The van der Waals surface area contributed by atoms with Crippen molar-refractivity contribution in [1.82, 2.24) is 20.1 Å². The largest absolute Gasteiger partial charge is 0.496 e. The van der Waals surface area contributed by atoms with E-state index in [1.807, 2.05) is 32.0 Å². The maximum absolute atomic E-state index is 12.3. The van der Waals surface area contributed by atoms with Crippen molar-refractivity contribution in [3.63, 3.8) is 0 Å². The van der Waals surface area contributed by atoms with Crippen LogP contribution in [0.3, 0.4) is 0 Å². The van der Waals surface area contributed by atoms with Gasteiger partial charge < -0.3 is 9.64 Å². The van der Waals surface area contributed by atoms with Crippen LogP contribution in [-0.2, 0) is 17.8 Å². The maximum atomic E-state index is 12.3. The number of nitrogens with one attached hydrogen (secondary N) is 1. The summed E-state index contributed by atoms with van der Waals surface area (Å²) in [7, 11) is 3.36. The van der Waals surface area contributed by atoms with Gasteiger partial charge in [0.15, 0.2) is 5.82 Å². The van der Waals surface area contributed by atoms with E-state index in [0.29, 0.717) is 18.8 Å². The summed E-state index contributed by atoms with van der Waals surface area (Å²) in [4.78, 5) is 18.1. The molecule has 6 heteroatoms. The van der Waals surface area contributed by atoms with Gasteiger partial charge in [0.25, 0.3) is 0 Å². The Balaban J connectivity index is 2.05. The SMILES string of the molecule is COc1ccc(C)cc1CC(=O)N(C)Cc1n[nH]c(C)n1. The molecule has 0 bridgehead atoms. The van der Waals surface area contributed by atoms with E-state index in [0.717, 1.165) is 22.7 Å². The van der Waals surface area contributed by atoms with Crippen molar-refractivity contribution >= 4 is 5.91 Å². The second kappa shape index (κ2) is 6.39. The molecule has 0 unspecified atom stereocenters. The average Bonchev–Trinajstić information content (AvgIpc) is 2.84. The van der Waals surface area contributed by atoms with Gasteiger partial charge in [-0.05, 0) is 19.9 Å². The smallest absolute Gasteiger partial charge is 0.227 e. The summed E-state index contributed by atoms with van der Waals surface area (Å²) in [5.74, 6) is 2.09. The van der Waals surface area contributed by atoms with E-state index < -0.39 is 0 Å². The molecular formula is C15H20N4O2. The van der Waals surface area contributed by atoms with Crippen LogP contribution in [-0.4, -0.2) is 40.1 Å². The second-order valence-electron chi connectivity index (χ2n) is 5.08. The Hall–Kier alpha value is -2.37. The molecular weight excluding hydrogens is 268 g/mol. The van der Waals surface area contributed by atoms with Crippen LogP contribution in [0.25, 0.3) is 0 Å². The zero-order valence-corrected chi connectivity index (χ0v) is 12.8. The van der Waals surface area contributed by atoms with Crippen LogP contribution < -0.4 is 4.74 Å². The third-order valence-electron chi connectivity index (χ3n) is 3.23. The molecule has 1 aromatic carbocycles. The minimum atomic E-state index is 0.00125. The number of aryl methyl sites for hydroxylation is 2. The number of carbonyl (C=O) groups is 1. The molecule has 0 aliphatic carbocycles. The molecule has 21 heavy (non-hydrogen) atoms. The average molecular weight is 288 g/mol. The number of carbonyl (C=O) groups excluding carboxylic acids is 1. The zero-order valence-electron chi connectivity index (χ0n) is 12.8. The van der Waals surface area contributed by atoms with E-state index in [4.69, 9.17) is 4.74 Å². The van der Waals surface area contributed by atoms with Crippen molar-refractivity contribution < 1.29 is 9.53 Å².